The standard InChI is InChI=1S/C13H18Cl2N2O2S/c1-8(2)17-20(18,19)13-5-9(7-16-10-3-4-10)11(14)6-12(13)15/h5-6,8,10,16-17H,3-4,7H2,1-2H3. The first-order valence-corrected chi connectivity index (χ1v) is 8.77. The molecule has 0 amide bonds. The molecule has 0 aliphatic heterocycles. The van der Waals surface area contributed by atoms with Crippen molar-refractivity contribution in [1.29, 1.82) is 0 Å². The van der Waals surface area contributed by atoms with Crippen molar-refractivity contribution in [3.05, 3.63) is 27.7 Å². The minimum atomic E-state index is -3.62. The Morgan fingerprint density at radius 1 is 1.25 bits per heavy atom. The summed E-state index contributed by atoms with van der Waals surface area (Å²) in [5.74, 6) is 0. The second kappa shape index (κ2) is 6.20. The van der Waals surface area contributed by atoms with Crippen molar-refractivity contribution in [2.75, 3.05) is 0 Å². The molecule has 0 unspecified atom stereocenters. The fourth-order valence-electron chi connectivity index (χ4n) is 1.83. The van der Waals surface area contributed by atoms with E-state index < -0.39 is 10.0 Å². The van der Waals surface area contributed by atoms with Crippen LogP contribution < -0.4 is 10.0 Å². The molecule has 112 valence electrons. The highest BCUT2D eigenvalue weighted by molar-refractivity contribution is 7.89. The second-order valence-corrected chi connectivity index (χ2v) is 7.80. The quantitative estimate of drug-likeness (QED) is 0.839. The first kappa shape index (κ1) is 16.0. The average Bonchev–Trinajstić information content (AvgIpc) is 3.09. The van der Waals surface area contributed by atoms with E-state index >= 15 is 0 Å². The van der Waals surface area contributed by atoms with E-state index in [1.54, 1.807) is 19.9 Å². The van der Waals surface area contributed by atoms with Crippen LogP contribution in [0.3, 0.4) is 0 Å². The maximum absolute atomic E-state index is 12.2. The van der Waals surface area contributed by atoms with Gasteiger partial charge in [0.25, 0.3) is 0 Å². The molecule has 0 heterocycles. The Bertz CT molecular complexity index is 599. The molecule has 1 aliphatic rings. The summed E-state index contributed by atoms with van der Waals surface area (Å²) in [6.07, 6.45) is 2.32. The summed E-state index contributed by atoms with van der Waals surface area (Å²) >= 11 is 12.1. The summed E-state index contributed by atoms with van der Waals surface area (Å²) in [5.41, 5.74) is 0.743. The third kappa shape index (κ3) is 4.09. The van der Waals surface area contributed by atoms with Gasteiger partial charge in [-0.05, 0) is 44.4 Å². The van der Waals surface area contributed by atoms with Gasteiger partial charge in [-0.3, -0.25) is 0 Å². The van der Waals surface area contributed by atoms with Crippen molar-refractivity contribution >= 4 is 33.2 Å². The molecular weight excluding hydrogens is 319 g/mol. The Morgan fingerprint density at radius 3 is 2.45 bits per heavy atom. The van der Waals surface area contributed by atoms with Crippen molar-refractivity contribution in [2.45, 2.75) is 50.2 Å². The number of nitrogens with one attached hydrogen (secondary N) is 2. The molecule has 4 nitrogen and oxygen atoms in total. The van der Waals surface area contributed by atoms with E-state index in [1.165, 1.54) is 6.07 Å². The highest BCUT2D eigenvalue weighted by Crippen LogP contribution is 2.29. The first-order chi connectivity index (χ1) is 9.29. The molecule has 1 aromatic rings. The largest absolute Gasteiger partial charge is 0.310 e. The van der Waals surface area contributed by atoms with E-state index in [0.717, 1.165) is 18.4 Å². The summed E-state index contributed by atoms with van der Waals surface area (Å²) in [6, 6.07) is 3.36. The van der Waals surface area contributed by atoms with Crippen LogP contribution in [-0.2, 0) is 16.6 Å². The lowest BCUT2D eigenvalue weighted by Gasteiger charge is -2.13. The fraction of sp³-hybridized carbons (Fsp3) is 0.538. The van der Waals surface area contributed by atoms with Gasteiger partial charge >= 0.3 is 0 Å². The van der Waals surface area contributed by atoms with Crippen LogP contribution in [0.2, 0.25) is 10.0 Å². The first-order valence-electron chi connectivity index (χ1n) is 6.53. The molecule has 1 aromatic carbocycles. The molecular formula is C13H18Cl2N2O2S. The van der Waals surface area contributed by atoms with Gasteiger partial charge in [-0.15, -0.1) is 0 Å². The lowest BCUT2D eigenvalue weighted by atomic mass is 10.2. The number of rotatable bonds is 6. The van der Waals surface area contributed by atoms with Crippen molar-refractivity contribution in [3.8, 4) is 0 Å². The molecule has 2 N–H and O–H groups in total. The minimum Gasteiger partial charge on any atom is -0.310 e. The van der Waals surface area contributed by atoms with Crippen molar-refractivity contribution in [2.24, 2.45) is 0 Å². The van der Waals surface area contributed by atoms with Crippen molar-refractivity contribution in [1.82, 2.24) is 10.0 Å². The smallest absolute Gasteiger partial charge is 0.242 e. The zero-order chi connectivity index (χ0) is 14.9. The Labute approximate surface area is 129 Å². The Morgan fingerprint density at radius 2 is 1.90 bits per heavy atom. The summed E-state index contributed by atoms with van der Waals surface area (Å²) < 4.78 is 27.0. The fourth-order valence-corrected chi connectivity index (χ4v) is 3.94. The van der Waals surface area contributed by atoms with E-state index in [4.69, 9.17) is 23.2 Å². The molecule has 0 atom stereocenters. The SMILES string of the molecule is CC(C)NS(=O)(=O)c1cc(CNC2CC2)c(Cl)cc1Cl. The van der Waals surface area contributed by atoms with Gasteiger partial charge in [0.2, 0.25) is 10.0 Å². The highest BCUT2D eigenvalue weighted by Gasteiger charge is 2.23. The zero-order valence-corrected chi connectivity index (χ0v) is 13.7. The van der Waals surface area contributed by atoms with Gasteiger partial charge in [0.1, 0.15) is 4.90 Å². The molecule has 7 heteroatoms. The lowest BCUT2D eigenvalue weighted by molar-refractivity contribution is 0.569. The predicted molar refractivity (Wildman–Crippen MR) is 81.8 cm³/mol. The second-order valence-electron chi connectivity index (χ2n) is 5.31. The minimum absolute atomic E-state index is 0.0739. The number of hydrogen-bond acceptors (Lipinski definition) is 3. The van der Waals surface area contributed by atoms with E-state index in [2.05, 4.69) is 10.0 Å². The van der Waals surface area contributed by atoms with Crippen LogP contribution in [0.25, 0.3) is 0 Å². The maximum atomic E-state index is 12.2. The van der Waals surface area contributed by atoms with E-state index in [0.29, 0.717) is 17.6 Å². The molecule has 1 aliphatic carbocycles. The molecule has 1 saturated carbocycles. The van der Waals surface area contributed by atoms with Gasteiger partial charge in [0.15, 0.2) is 0 Å². The maximum Gasteiger partial charge on any atom is 0.242 e. The third-order valence-corrected chi connectivity index (χ3v) is 5.41. The van der Waals surface area contributed by atoms with Gasteiger partial charge in [-0.25, -0.2) is 13.1 Å². The molecule has 0 spiro atoms. The average molecular weight is 337 g/mol. The topological polar surface area (TPSA) is 58.2 Å². The zero-order valence-electron chi connectivity index (χ0n) is 11.4. The molecule has 2 rings (SSSR count). The monoisotopic (exact) mass is 336 g/mol. The van der Waals surface area contributed by atoms with Crippen LogP contribution in [0.15, 0.2) is 17.0 Å². The van der Waals surface area contributed by atoms with Crippen molar-refractivity contribution < 1.29 is 8.42 Å². The highest BCUT2D eigenvalue weighted by atomic mass is 35.5. The van der Waals surface area contributed by atoms with Gasteiger partial charge in [-0.1, -0.05) is 23.2 Å². The summed E-state index contributed by atoms with van der Waals surface area (Å²) in [7, 11) is -3.62. The Balaban J connectivity index is 2.29. The molecule has 0 aromatic heterocycles. The van der Waals surface area contributed by atoms with Gasteiger partial charge in [0, 0.05) is 23.7 Å². The van der Waals surface area contributed by atoms with Crippen LogP contribution in [0.4, 0.5) is 0 Å². The summed E-state index contributed by atoms with van der Waals surface area (Å²) in [5, 5.41) is 3.93. The lowest BCUT2D eigenvalue weighted by Crippen LogP contribution is -2.30. The van der Waals surface area contributed by atoms with Gasteiger partial charge in [-0.2, -0.15) is 0 Å². The summed E-state index contributed by atoms with van der Waals surface area (Å²) in [4.78, 5) is 0.0739. The number of sulfonamides is 1. The van der Waals surface area contributed by atoms with Crippen LogP contribution in [0, 0.1) is 0 Å². The van der Waals surface area contributed by atoms with Gasteiger partial charge < -0.3 is 5.32 Å². The molecule has 0 radical (unpaired) electrons. The number of benzene rings is 1. The van der Waals surface area contributed by atoms with Crippen LogP contribution in [-0.4, -0.2) is 20.5 Å². The van der Waals surface area contributed by atoms with E-state index in [9.17, 15) is 8.42 Å². The van der Waals surface area contributed by atoms with Crippen molar-refractivity contribution in [3.63, 3.8) is 0 Å². The van der Waals surface area contributed by atoms with Gasteiger partial charge in [0.05, 0.1) is 5.02 Å². The number of hydrogen-bond donors (Lipinski definition) is 2. The third-order valence-electron chi connectivity index (χ3n) is 2.94. The molecule has 20 heavy (non-hydrogen) atoms. The molecule has 0 bridgehead atoms. The Kier molecular flexibility index (Phi) is 4.97. The van der Waals surface area contributed by atoms with E-state index in [1.807, 2.05) is 0 Å². The number of halogens is 2. The normalized spacial score (nSPS) is 15.8. The van der Waals surface area contributed by atoms with Crippen LogP contribution >= 0.6 is 23.2 Å². The van der Waals surface area contributed by atoms with Crippen LogP contribution in [0.1, 0.15) is 32.3 Å². The van der Waals surface area contributed by atoms with Crippen LogP contribution in [0.5, 0.6) is 0 Å². The van der Waals surface area contributed by atoms with E-state index in [-0.39, 0.29) is 16.0 Å². The Hall–Kier alpha value is -0.330. The molecule has 0 saturated heterocycles. The molecule has 1 fully saturated rings. The predicted octanol–water partition coefficient (Wildman–Crippen LogP) is 2.93. The summed E-state index contributed by atoms with van der Waals surface area (Å²) in [6.45, 7) is 4.07.